The normalized spacial score (nSPS) is 13.1. The van der Waals surface area contributed by atoms with E-state index in [0.29, 0.717) is 12.1 Å². The maximum absolute atomic E-state index is 5.64. The molecule has 0 aliphatic rings. The first-order valence-electron chi connectivity index (χ1n) is 6.16. The van der Waals surface area contributed by atoms with E-state index in [4.69, 9.17) is 4.74 Å². The standard InChI is InChI=1S/C13H27NO/c1-5-7-8-9-13(14-10-6-2)11-15-12(3)4/h5,12-14H,1,6-11H2,2-4H3. The molecular weight excluding hydrogens is 186 g/mol. The molecule has 0 rings (SSSR count). The number of rotatable bonds is 10. The van der Waals surface area contributed by atoms with Crippen molar-refractivity contribution < 1.29 is 4.74 Å². The molecule has 90 valence electrons. The SMILES string of the molecule is C=CCCCC(COC(C)C)NCCC. The summed E-state index contributed by atoms with van der Waals surface area (Å²) in [6.07, 6.45) is 6.98. The van der Waals surface area contributed by atoms with Gasteiger partial charge in [-0.1, -0.05) is 13.0 Å². The summed E-state index contributed by atoms with van der Waals surface area (Å²) in [7, 11) is 0. The van der Waals surface area contributed by atoms with Crippen molar-refractivity contribution in [3.8, 4) is 0 Å². The first-order chi connectivity index (χ1) is 7.20. The summed E-state index contributed by atoms with van der Waals surface area (Å²) >= 11 is 0. The number of hydrogen-bond donors (Lipinski definition) is 1. The molecule has 1 N–H and O–H groups in total. The molecule has 1 atom stereocenters. The third kappa shape index (κ3) is 9.95. The molecule has 0 aromatic rings. The lowest BCUT2D eigenvalue weighted by molar-refractivity contribution is 0.0592. The van der Waals surface area contributed by atoms with Gasteiger partial charge in [-0.25, -0.2) is 0 Å². The Morgan fingerprint density at radius 3 is 2.67 bits per heavy atom. The first-order valence-corrected chi connectivity index (χ1v) is 6.16. The van der Waals surface area contributed by atoms with Gasteiger partial charge < -0.3 is 10.1 Å². The molecule has 0 amide bonds. The van der Waals surface area contributed by atoms with Crippen molar-refractivity contribution in [2.24, 2.45) is 0 Å². The van der Waals surface area contributed by atoms with Gasteiger partial charge in [-0.15, -0.1) is 6.58 Å². The third-order valence-corrected chi connectivity index (χ3v) is 2.27. The van der Waals surface area contributed by atoms with Gasteiger partial charge in [0.1, 0.15) is 0 Å². The molecule has 1 unspecified atom stereocenters. The summed E-state index contributed by atoms with van der Waals surface area (Å²) in [4.78, 5) is 0. The lowest BCUT2D eigenvalue weighted by Crippen LogP contribution is -2.34. The second-order valence-corrected chi connectivity index (χ2v) is 4.25. The molecule has 0 fully saturated rings. The molecular formula is C13H27NO. The number of hydrogen-bond acceptors (Lipinski definition) is 2. The fourth-order valence-electron chi connectivity index (χ4n) is 1.41. The van der Waals surface area contributed by atoms with Gasteiger partial charge in [-0.05, 0) is 46.1 Å². The number of unbranched alkanes of at least 4 members (excludes halogenated alkanes) is 1. The van der Waals surface area contributed by atoms with E-state index in [-0.39, 0.29) is 0 Å². The molecule has 15 heavy (non-hydrogen) atoms. The Hall–Kier alpha value is -0.340. The molecule has 0 aromatic carbocycles. The fraction of sp³-hybridized carbons (Fsp3) is 0.846. The van der Waals surface area contributed by atoms with E-state index in [1.165, 1.54) is 19.3 Å². The van der Waals surface area contributed by atoms with Gasteiger partial charge in [0.2, 0.25) is 0 Å². The maximum atomic E-state index is 5.64. The van der Waals surface area contributed by atoms with E-state index in [2.05, 4.69) is 32.7 Å². The van der Waals surface area contributed by atoms with Crippen molar-refractivity contribution in [2.75, 3.05) is 13.2 Å². The van der Waals surface area contributed by atoms with Crippen molar-refractivity contribution in [1.82, 2.24) is 5.32 Å². The zero-order chi connectivity index (χ0) is 11.5. The van der Waals surface area contributed by atoms with Crippen molar-refractivity contribution in [2.45, 2.75) is 58.6 Å². The molecule has 0 aliphatic carbocycles. The van der Waals surface area contributed by atoms with Crippen LogP contribution >= 0.6 is 0 Å². The van der Waals surface area contributed by atoms with E-state index in [1.807, 2.05) is 6.08 Å². The van der Waals surface area contributed by atoms with Crippen LogP contribution in [0, 0.1) is 0 Å². The zero-order valence-electron chi connectivity index (χ0n) is 10.6. The topological polar surface area (TPSA) is 21.3 Å². The van der Waals surface area contributed by atoms with E-state index in [9.17, 15) is 0 Å². The Morgan fingerprint density at radius 2 is 2.13 bits per heavy atom. The zero-order valence-corrected chi connectivity index (χ0v) is 10.6. The predicted molar refractivity (Wildman–Crippen MR) is 67.2 cm³/mol. The summed E-state index contributed by atoms with van der Waals surface area (Å²) < 4.78 is 5.64. The van der Waals surface area contributed by atoms with Crippen molar-refractivity contribution in [3.63, 3.8) is 0 Å². The van der Waals surface area contributed by atoms with Gasteiger partial charge >= 0.3 is 0 Å². The van der Waals surface area contributed by atoms with Crippen molar-refractivity contribution in [3.05, 3.63) is 12.7 Å². The van der Waals surface area contributed by atoms with E-state index < -0.39 is 0 Å². The number of nitrogens with one attached hydrogen (secondary N) is 1. The molecule has 0 bridgehead atoms. The molecule has 0 aromatic heterocycles. The maximum Gasteiger partial charge on any atom is 0.0623 e. The van der Waals surface area contributed by atoms with Crippen LogP contribution in [0.25, 0.3) is 0 Å². The smallest absolute Gasteiger partial charge is 0.0623 e. The van der Waals surface area contributed by atoms with Crippen LogP contribution in [0.4, 0.5) is 0 Å². The Balaban J connectivity index is 3.67. The van der Waals surface area contributed by atoms with Crippen LogP contribution < -0.4 is 5.32 Å². The van der Waals surface area contributed by atoms with Crippen molar-refractivity contribution in [1.29, 1.82) is 0 Å². The van der Waals surface area contributed by atoms with Crippen LogP contribution in [0.2, 0.25) is 0 Å². The minimum absolute atomic E-state index is 0.329. The molecule has 0 spiro atoms. The average molecular weight is 213 g/mol. The lowest BCUT2D eigenvalue weighted by Gasteiger charge is -2.19. The molecule has 2 heteroatoms. The molecule has 0 aliphatic heterocycles. The highest BCUT2D eigenvalue weighted by molar-refractivity contribution is 4.71. The van der Waals surface area contributed by atoms with Gasteiger partial charge in [0.05, 0.1) is 12.7 Å². The Labute approximate surface area is 95.1 Å². The van der Waals surface area contributed by atoms with Gasteiger partial charge in [0, 0.05) is 6.04 Å². The molecule has 0 heterocycles. The Kier molecular flexibility index (Phi) is 9.96. The van der Waals surface area contributed by atoms with E-state index in [1.54, 1.807) is 0 Å². The van der Waals surface area contributed by atoms with Gasteiger partial charge in [0.25, 0.3) is 0 Å². The molecule has 0 radical (unpaired) electrons. The van der Waals surface area contributed by atoms with Crippen molar-refractivity contribution >= 4 is 0 Å². The predicted octanol–water partition coefficient (Wildman–Crippen LogP) is 3.14. The summed E-state index contributed by atoms with van der Waals surface area (Å²) in [6, 6.07) is 0.507. The summed E-state index contributed by atoms with van der Waals surface area (Å²) in [6.45, 7) is 12.0. The van der Waals surface area contributed by atoms with Crippen LogP contribution in [-0.4, -0.2) is 25.3 Å². The van der Waals surface area contributed by atoms with Crippen LogP contribution in [0.15, 0.2) is 12.7 Å². The van der Waals surface area contributed by atoms with Crippen LogP contribution in [0.1, 0.15) is 46.5 Å². The highest BCUT2D eigenvalue weighted by Crippen LogP contribution is 2.03. The van der Waals surface area contributed by atoms with Crippen LogP contribution in [0.5, 0.6) is 0 Å². The van der Waals surface area contributed by atoms with Gasteiger partial charge in [-0.2, -0.15) is 0 Å². The summed E-state index contributed by atoms with van der Waals surface area (Å²) in [5.41, 5.74) is 0. The second-order valence-electron chi connectivity index (χ2n) is 4.25. The Bertz CT molecular complexity index is 145. The second kappa shape index (κ2) is 10.2. The molecule has 2 nitrogen and oxygen atoms in total. The summed E-state index contributed by atoms with van der Waals surface area (Å²) in [5, 5.41) is 3.52. The van der Waals surface area contributed by atoms with Gasteiger partial charge in [-0.3, -0.25) is 0 Å². The largest absolute Gasteiger partial charge is 0.377 e. The minimum atomic E-state index is 0.329. The highest BCUT2D eigenvalue weighted by atomic mass is 16.5. The minimum Gasteiger partial charge on any atom is -0.377 e. The Morgan fingerprint density at radius 1 is 1.40 bits per heavy atom. The van der Waals surface area contributed by atoms with Gasteiger partial charge in [0.15, 0.2) is 0 Å². The van der Waals surface area contributed by atoms with E-state index in [0.717, 1.165) is 19.6 Å². The number of allylic oxidation sites excluding steroid dienone is 1. The third-order valence-electron chi connectivity index (χ3n) is 2.27. The lowest BCUT2D eigenvalue weighted by atomic mass is 10.1. The van der Waals surface area contributed by atoms with Crippen LogP contribution in [0.3, 0.4) is 0 Å². The van der Waals surface area contributed by atoms with E-state index >= 15 is 0 Å². The monoisotopic (exact) mass is 213 g/mol. The fourth-order valence-corrected chi connectivity index (χ4v) is 1.41. The number of ether oxygens (including phenoxy) is 1. The average Bonchev–Trinajstić information content (AvgIpc) is 2.21. The van der Waals surface area contributed by atoms with Crippen LogP contribution in [-0.2, 0) is 4.74 Å². The molecule has 0 saturated carbocycles. The highest BCUT2D eigenvalue weighted by Gasteiger charge is 2.07. The molecule has 0 saturated heterocycles. The quantitative estimate of drug-likeness (QED) is 0.444. The summed E-state index contributed by atoms with van der Waals surface area (Å²) in [5.74, 6) is 0. The first kappa shape index (κ1) is 14.7.